The number of sulfone groups is 1. The lowest BCUT2D eigenvalue weighted by Crippen LogP contribution is -2.21. The molecule has 1 unspecified atom stereocenters. The molecule has 3 aromatic rings. The predicted molar refractivity (Wildman–Crippen MR) is 128 cm³/mol. The molecule has 35 heavy (non-hydrogen) atoms. The first-order valence-electron chi connectivity index (χ1n) is 10.8. The van der Waals surface area contributed by atoms with E-state index in [1.54, 1.807) is 18.2 Å². The minimum atomic E-state index is -3.41. The van der Waals surface area contributed by atoms with Gasteiger partial charge in [-0.25, -0.2) is 23.2 Å². The Bertz CT molecular complexity index is 1360. The molecule has 0 fully saturated rings. The van der Waals surface area contributed by atoms with E-state index in [9.17, 15) is 13.2 Å². The molecule has 1 N–H and O–H groups in total. The highest BCUT2D eigenvalue weighted by molar-refractivity contribution is 7.90. The first-order chi connectivity index (χ1) is 16.6. The zero-order valence-electron chi connectivity index (χ0n) is 19.6. The fraction of sp³-hybridized carbons (Fsp3) is 0.292. The number of aromatic amines is 1. The third-order valence-electron chi connectivity index (χ3n) is 4.93. The number of H-pyrrole nitrogens is 1. The molecule has 1 aromatic carbocycles. The van der Waals surface area contributed by atoms with Crippen LogP contribution in [-0.4, -0.2) is 62.4 Å². The molecule has 0 aliphatic carbocycles. The van der Waals surface area contributed by atoms with Crippen LogP contribution in [0.15, 0.2) is 58.7 Å². The smallest absolute Gasteiger partial charge is 0.334 e. The average Bonchev–Trinajstić information content (AvgIpc) is 3.48. The summed E-state index contributed by atoms with van der Waals surface area (Å²) in [5, 5.41) is -0.0344. The Morgan fingerprint density at radius 2 is 1.83 bits per heavy atom. The highest BCUT2D eigenvalue weighted by Crippen LogP contribution is 2.33. The second-order valence-electron chi connectivity index (χ2n) is 8.14. The van der Waals surface area contributed by atoms with E-state index in [0.29, 0.717) is 28.8 Å². The number of rotatable bonds is 8. The predicted octanol–water partition coefficient (Wildman–Crippen LogP) is 3.38. The van der Waals surface area contributed by atoms with Gasteiger partial charge >= 0.3 is 5.97 Å². The summed E-state index contributed by atoms with van der Waals surface area (Å²) in [5.74, 6) is 1.31. The van der Waals surface area contributed by atoms with Gasteiger partial charge < -0.3 is 23.9 Å². The third-order valence-corrected chi connectivity index (χ3v) is 5.93. The van der Waals surface area contributed by atoms with Gasteiger partial charge in [0.25, 0.3) is 0 Å². The quantitative estimate of drug-likeness (QED) is 0.467. The van der Waals surface area contributed by atoms with Gasteiger partial charge in [0.1, 0.15) is 29.5 Å². The van der Waals surface area contributed by atoms with Crippen LogP contribution >= 0.6 is 0 Å². The Hall–Kier alpha value is -3.86. The Balaban J connectivity index is 1.62. The Labute approximate surface area is 202 Å². The standard InChI is InChI=1S/C24H25N3O7S/c1-14(2)33-17-9-15(10-18(11-17)34-16-5-8-22(25-12-16)35(4,29)30)19-6-7-20(26-19)23-27-21(13-32-23)24(28)31-3/h5-12,14,21,26H,13H2,1-4H3. The van der Waals surface area contributed by atoms with Gasteiger partial charge in [-0.3, -0.25) is 0 Å². The monoisotopic (exact) mass is 499 g/mol. The molecular formula is C24H25N3O7S. The van der Waals surface area contributed by atoms with E-state index in [1.807, 2.05) is 32.0 Å². The summed E-state index contributed by atoms with van der Waals surface area (Å²) < 4.78 is 45.4. The van der Waals surface area contributed by atoms with Crippen LogP contribution in [-0.2, 0) is 24.1 Å². The number of hydrogen-bond donors (Lipinski definition) is 1. The number of esters is 1. The molecule has 0 bridgehead atoms. The van der Waals surface area contributed by atoms with Crippen molar-refractivity contribution in [1.29, 1.82) is 0 Å². The van der Waals surface area contributed by atoms with Crippen LogP contribution in [0.25, 0.3) is 11.3 Å². The van der Waals surface area contributed by atoms with Crippen LogP contribution in [0.1, 0.15) is 19.5 Å². The lowest BCUT2D eigenvalue weighted by Gasteiger charge is -2.14. The van der Waals surface area contributed by atoms with Crippen molar-refractivity contribution in [3.8, 4) is 28.5 Å². The summed E-state index contributed by atoms with van der Waals surface area (Å²) in [5.41, 5.74) is 2.13. The van der Waals surface area contributed by atoms with E-state index in [-0.39, 0.29) is 17.7 Å². The van der Waals surface area contributed by atoms with Gasteiger partial charge in [0.2, 0.25) is 5.90 Å². The van der Waals surface area contributed by atoms with E-state index in [1.165, 1.54) is 19.4 Å². The Morgan fingerprint density at radius 3 is 2.49 bits per heavy atom. The van der Waals surface area contributed by atoms with E-state index in [4.69, 9.17) is 18.9 Å². The normalized spacial score (nSPS) is 15.5. The Kier molecular flexibility index (Phi) is 6.79. The second-order valence-corrected chi connectivity index (χ2v) is 10.1. The van der Waals surface area contributed by atoms with Crippen molar-refractivity contribution in [2.45, 2.75) is 31.0 Å². The number of benzene rings is 1. The number of ether oxygens (including phenoxy) is 4. The van der Waals surface area contributed by atoms with Gasteiger partial charge in [0, 0.05) is 23.6 Å². The molecule has 0 amide bonds. The molecule has 0 saturated heterocycles. The van der Waals surface area contributed by atoms with Crippen molar-refractivity contribution in [3.05, 3.63) is 54.4 Å². The number of carbonyl (C=O) groups is 1. The number of carbonyl (C=O) groups excluding carboxylic acids is 1. The maximum Gasteiger partial charge on any atom is 0.334 e. The minimum Gasteiger partial charge on any atom is -0.491 e. The highest BCUT2D eigenvalue weighted by atomic mass is 32.2. The molecule has 2 aromatic heterocycles. The molecule has 0 spiro atoms. The van der Waals surface area contributed by atoms with Crippen LogP contribution in [0.2, 0.25) is 0 Å². The van der Waals surface area contributed by atoms with Crippen molar-refractivity contribution in [2.75, 3.05) is 20.0 Å². The number of hydrogen-bond acceptors (Lipinski definition) is 9. The number of pyridine rings is 1. The van der Waals surface area contributed by atoms with Crippen LogP contribution in [0, 0.1) is 0 Å². The van der Waals surface area contributed by atoms with Crippen molar-refractivity contribution < 1.29 is 32.2 Å². The van der Waals surface area contributed by atoms with Gasteiger partial charge in [-0.1, -0.05) is 0 Å². The van der Waals surface area contributed by atoms with E-state index >= 15 is 0 Å². The van der Waals surface area contributed by atoms with Crippen LogP contribution in [0.3, 0.4) is 0 Å². The number of aliphatic imine (C=N–C) groups is 1. The molecular weight excluding hydrogens is 474 g/mol. The second kappa shape index (κ2) is 9.79. The Morgan fingerprint density at radius 1 is 1.09 bits per heavy atom. The largest absolute Gasteiger partial charge is 0.491 e. The molecule has 1 aliphatic rings. The van der Waals surface area contributed by atoms with Crippen molar-refractivity contribution in [1.82, 2.24) is 9.97 Å². The fourth-order valence-corrected chi connectivity index (χ4v) is 3.93. The molecule has 1 atom stereocenters. The minimum absolute atomic E-state index is 0.0344. The molecule has 3 heterocycles. The summed E-state index contributed by atoms with van der Waals surface area (Å²) in [7, 11) is -2.10. The van der Waals surface area contributed by atoms with E-state index < -0.39 is 21.8 Å². The maximum atomic E-state index is 11.7. The first-order valence-corrected chi connectivity index (χ1v) is 12.7. The zero-order chi connectivity index (χ0) is 25.2. The van der Waals surface area contributed by atoms with Crippen molar-refractivity contribution >= 4 is 21.7 Å². The van der Waals surface area contributed by atoms with Crippen molar-refractivity contribution in [2.24, 2.45) is 4.99 Å². The van der Waals surface area contributed by atoms with E-state index in [2.05, 4.69) is 15.0 Å². The summed E-state index contributed by atoms with van der Waals surface area (Å²) in [6.45, 7) is 3.96. The molecule has 0 saturated carbocycles. The van der Waals surface area contributed by atoms with Gasteiger partial charge in [0.15, 0.2) is 20.9 Å². The number of nitrogens with zero attached hydrogens (tertiary/aromatic N) is 2. The van der Waals surface area contributed by atoms with Gasteiger partial charge in [-0.2, -0.15) is 0 Å². The molecule has 0 radical (unpaired) electrons. The summed E-state index contributed by atoms with van der Waals surface area (Å²) in [6, 6.07) is 11.3. The highest BCUT2D eigenvalue weighted by Gasteiger charge is 2.28. The van der Waals surface area contributed by atoms with Gasteiger partial charge in [-0.05, 0) is 50.2 Å². The molecule has 4 rings (SSSR count). The number of nitrogens with one attached hydrogen (secondary N) is 1. The summed E-state index contributed by atoms with van der Waals surface area (Å²) in [6.07, 6.45) is 2.38. The zero-order valence-corrected chi connectivity index (χ0v) is 20.5. The lowest BCUT2D eigenvalue weighted by molar-refractivity contribution is -0.142. The topological polar surface area (TPSA) is 129 Å². The SMILES string of the molecule is COC(=O)C1COC(c2ccc(-c3cc(Oc4ccc(S(C)(=O)=O)nc4)cc(OC(C)C)c3)[nH]2)=N1. The van der Waals surface area contributed by atoms with Crippen LogP contribution < -0.4 is 9.47 Å². The molecule has 1 aliphatic heterocycles. The summed E-state index contributed by atoms with van der Waals surface area (Å²) in [4.78, 5) is 23.2. The molecule has 10 nitrogen and oxygen atoms in total. The van der Waals surface area contributed by atoms with Crippen LogP contribution in [0.4, 0.5) is 0 Å². The summed E-state index contributed by atoms with van der Waals surface area (Å²) >= 11 is 0. The van der Waals surface area contributed by atoms with Crippen molar-refractivity contribution in [3.63, 3.8) is 0 Å². The maximum absolute atomic E-state index is 11.7. The molecule has 184 valence electrons. The first kappa shape index (κ1) is 24.3. The van der Waals surface area contributed by atoms with Crippen LogP contribution in [0.5, 0.6) is 17.2 Å². The third kappa shape index (κ3) is 5.80. The average molecular weight is 500 g/mol. The number of methoxy groups -OCH3 is 1. The van der Waals surface area contributed by atoms with Gasteiger partial charge in [0.05, 0.1) is 19.4 Å². The lowest BCUT2D eigenvalue weighted by atomic mass is 10.1. The fourth-order valence-electron chi connectivity index (χ4n) is 3.38. The molecule has 11 heteroatoms. The number of aromatic nitrogens is 2. The van der Waals surface area contributed by atoms with Gasteiger partial charge in [-0.15, -0.1) is 0 Å². The van der Waals surface area contributed by atoms with E-state index in [0.717, 1.165) is 17.5 Å².